The van der Waals surface area contributed by atoms with E-state index in [9.17, 15) is 4.79 Å². The molecule has 4 aromatic heterocycles. The Balaban J connectivity index is 1.01. The van der Waals surface area contributed by atoms with Crippen molar-refractivity contribution >= 4 is 60.0 Å². The fourth-order valence-electron chi connectivity index (χ4n) is 9.73. The van der Waals surface area contributed by atoms with E-state index in [2.05, 4.69) is 179 Å². The van der Waals surface area contributed by atoms with Crippen LogP contribution >= 0.6 is 0 Å². The average Bonchev–Trinajstić information content (AvgIpc) is 4.04. The number of pyridine rings is 1. The van der Waals surface area contributed by atoms with E-state index in [4.69, 9.17) is 9.97 Å². The van der Waals surface area contributed by atoms with Gasteiger partial charge in [0.25, 0.3) is 5.56 Å². The number of nitrogens with zero attached hydrogens (tertiary/aromatic N) is 5. The highest BCUT2D eigenvalue weighted by atomic mass is 16.1. The molecule has 0 spiro atoms. The monoisotopic (exact) mass is 805 g/mol. The van der Waals surface area contributed by atoms with Gasteiger partial charge < -0.3 is 0 Å². The zero-order chi connectivity index (χ0) is 41.6. The number of hydrogen-bond donors (Lipinski definition) is 0. The highest BCUT2D eigenvalue weighted by Crippen LogP contribution is 2.41. The number of rotatable bonds is 6. The number of benzene rings is 9. The first-order valence-corrected chi connectivity index (χ1v) is 21.2. The molecule has 4 heterocycles. The Morgan fingerprint density at radius 1 is 0.317 bits per heavy atom. The largest absolute Gasteiger partial charge is 0.292 e. The van der Waals surface area contributed by atoms with Gasteiger partial charge in [-0.1, -0.05) is 121 Å². The first kappa shape index (κ1) is 35.2. The highest BCUT2D eigenvalue weighted by Gasteiger charge is 2.21. The van der Waals surface area contributed by atoms with Gasteiger partial charge in [-0.2, -0.15) is 0 Å². The molecule has 9 aromatic carbocycles. The summed E-state index contributed by atoms with van der Waals surface area (Å²) in [5, 5.41) is 4.74. The number of imidazole rings is 2. The van der Waals surface area contributed by atoms with Crippen LogP contribution in [0.3, 0.4) is 0 Å². The smallest absolute Gasteiger partial charge is 0.263 e. The molecule has 0 unspecified atom stereocenters. The maximum absolute atomic E-state index is 14.5. The predicted octanol–water partition coefficient (Wildman–Crippen LogP) is 13.5. The van der Waals surface area contributed by atoms with Crippen LogP contribution in [0.4, 0.5) is 0 Å². The van der Waals surface area contributed by atoms with Crippen LogP contribution in [-0.4, -0.2) is 23.5 Å². The number of aromatic nitrogens is 5. The highest BCUT2D eigenvalue weighted by molar-refractivity contribution is 6.22. The van der Waals surface area contributed by atoms with E-state index in [1.807, 2.05) is 46.9 Å². The van der Waals surface area contributed by atoms with Crippen LogP contribution in [0.15, 0.2) is 217 Å². The lowest BCUT2D eigenvalue weighted by Crippen LogP contribution is -2.12. The molecular weight excluding hydrogens is 771 g/mol. The van der Waals surface area contributed by atoms with Crippen molar-refractivity contribution < 1.29 is 0 Å². The maximum Gasteiger partial charge on any atom is 0.263 e. The fourth-order valence-corrected chi connectivity index (χ4v) is 9.73. The van der Waals surface area contributed by atoms with Crippen molar-refractivity contribution in [2.24, 2.45) is 0 Å². The summed E-state index contributed by atoms with van der Waals surface area (Å²) in [4.78, 5) is 24.8. The van der Waals surface area contributed by atoms with E-state index in [-0.39, 0.29) is 5.56 Å². The Bertz CT molecular complexity index is 3990. The van der Waals surface area contributed by atoms with Crippen molar-refractivity contribution in [3.05, 3.63) is 223 Å². The normalized spacial score (nSPS) is 11.9. The van der Waals surface area contributed by atoms with Crippen LogP contribution in [0.2, 0.25) is 0 Å². The van der Waals surface area contributed by atoms with Crippen molar-refractivity contribution in [3.8, 4) is 56.4 Å². The van der Waals surface area contributed by atoms with E-state index in [0.717, 1.165) is 111 Å². The molecule has 13 rings (SSSR count). The fraction of sp³-hybridized carbons (Fsp3) is 0. The molecule has 63 heavy (non-hydrogen) atoms. The second-order valence-corrected chi connectivity index (χ2v) is 16.2. The minimum Gasteiger partial charge on any atom is -0.292 e. The van der Waals surface area contributed by atoms with E-state index in [0.29, 0.717) is 5.39 Å². The number of hydrogen-bond acceptors (Lipinski definition) is 3. The molecule has 0 aliphatic carbocycles. The number of fused-ring (bicyclic) bond motifs is 7. The lowest BCUT2D eigenvalue weighted by Gasteiger charge is -2.12. The van der Waals surface area contributed by atoms with Gasteiger partial charge in [-0.3, -0.25) is 18.3 Å². The summed E-state index contributed by atoms with van der Waals surface area (Å²) in [6.45, 7) is 0. The lowest BCUT2D eigenvalue weighted by atomic mass is 9.95. The molecule has 13 aromatic rings. The summed E-state index contributed by atoms with van der Waals surface area (Å²) >= 11 is 0. The van der Waals surface area contributed by atoms with E-state index >= 15 is 0 Å². The molecule has 6 nitrogen and oxygen atoms in total. The van der Waals surface area contributed by atoms with Crippen molar-refractivity contribution in [2.75, 3.05) is 0 Å². The molecule has 0 radical (unpaired) electrons. The van der Waals surface area contributed by atoms with Gasteiger partial charge in [0.2, 0.25) is 0 Å². The summed E-state index contributed by atoms with van der Waals surface area (Å²) in [5.41, 5.74) is 14.2. The van der Waals surface area contributed by atoms with Gasteiger partial charge in [0.15, 0.2) is 0 Å². The Kier molecular flexibility index (Phi) is 7.65. The first-order chi connectivity index (χ1) is 31.2. The van der Waals surface area contributed by atoms with Crippen molar-refractivity contribution in [1.29, 1.82) is 0 Å². The van der Waals surface area contributed by atoms with Crippen LogP contribution < -0.4 is 5.56 Å². The molecule has 0 bridgehead atoms. The van der Waals surface area contributed by atoms with Gasteiger partial charge in [0.05, 0.1) is 33.1 Å². The van der Waals surface area contributed by atoms with Crippen molar-refractivity contribution in [3.63, 3.8) is 0 Å². The summed E-state index contributed by atoms with van der Waals surface area (Å²) in [6, 6.07) is 73.7. The molecule has 0 atom stereocenters. The zero-order valence-corrected chi connectivity index (χ0v) is 33.9. The molecular formula is C57H35N5O. The Morgan fingerprint density at radius 3 is 1.38 bits per heavy atom. The predicted molar refractivity (Wildman–Crippen MR) is 258 cm³/mol. The van der Waals surface area contributed by atoms with Gasteiger partial charge in [-0.05, 0) is 119 Å². The van der Waals surface area contributed by atoms with Crippen LogP contribution in [0.5, 0.6) is 0 Å². The van der Waals surface area contributed by atoms with Gasteiger partial charge in [-0.15, -0.1) is 0 Å². The number of para-hydroxylation sites is 6. The molecule has 0 aliphatic rings. The first-order valence-electron chi connectivity index (χ1n) is 21.2. The Morgan fingerprint density at radius 2 is 0.778 bits per heavy atom. The van der Waals surface area contributed by atoms with Gasteiger partial charge in [0.1, 0.15) is 11.6 Å². The standard InChI is InChI=1S/C57H35N5O/c63-57-45-24-8-7-23-44(45)47-34-41(37-16-14-18-40(32-37)56-59-50-26-10-12-28-53(50)61(56)43-21-5-2-6-22-43)35-48-46-33-38(29-30-51(46)62(57)54(47)48)36-15-13-17-39(31-36)55-58-49-25-9-11-27-52(49)60(55)42-19-3-1-4-20-42/h1-35H. The molecule has 0 saturated carbocycles. The minimum absolute atomic E-state index is 0.0118. The molecule has 6 heteroatoms. The third-order valence-corrected chi connectivity index (χ3v) is 12.6. The van der Waals surface area contributed by atoms with E-state index < -0.39 is 0 Å². The topological polar surface area (TPSA) is 57.1 Å². The van der Waals surface area contributed by atoms with E-state index in [1.165, 1.54) is 0 Å². The second-order valence-electron chi connectivity index (χ2n) is 16.2. The van der Waals surface area contributed by atoms with Crippen LogP contribution in [0, 0.1) is 0 Å². The molecule has 0 amide bonds. The Labute approximate surface area is 361 Å². The van der Waals surface area contributed by atoms with Crippen molar-refractivity contribution in [1.82, 2.24) is 23.5 Å². The quantitative estimate of drug-likeness (QED) is 0.157. The van der Waals surface area contributed by atoms with Crippen LogP contribution in [0.25, 0.3) is 116 Å². The summed E-state index contributed by atoms with van der Waals surface area (Å²) in [5.74, 6) is 1.76. The van der Waals surface area contributed by atoms with Crippen molar-refractivity contribution in [2.45, 2.75) is 0 Å². The molecule has 0 aliphatic heterocycles. The summed E-state index contributed by atoms with van der Waals surface area (Å²) in [6.07, 6.45) is 0. The molecule has 0 saturated heterocycles. The van der Waals surface area contributed by atoms with E-state index in [1.54, 1.807) is 0 Å². The Hall–Kier alpha value is -8.61. The SMILES string of the molecule is O=c1c2ccccc2c2cc(-c3cccc(-c4nc5ccccc5n4-c4ccccc4)c3)cc3c4cc(-c5cccc(-c6nc7ccccc7n6-c6ccccc6)c5)ccc4n1c23. The van der Waals surface area contributed by atoms with Gasteiger partial charge in [0, 0.05) is 44.0 Å². The maximum atomic E-state index is 14.5. The minimum atomic E-state index is -0.0118. The summed E-state index contributed by atoms with van der Waals surface area (Å²) < 4.78 is 6.40. The second kappa shape index (κ2) is 13.7. The third kappa shape index (κ3) is 5.41. The van der Waals surface area contributed by atoms with Crippen LogP contribution in [-0.2, 0) is 0 Å². The van der Waals surface area contributed by atoms with Gasteiger partial charge >= 0.3 is 0 Å². The van der Waals surface area contributed by atoms with Gasteiger partial charge in [-0.25, -0.2) is 9.97 Å². The summed E-state index contributed by atoms with van der Waals surface area (Å²) in [7, 11) is 0. The third-order valence-electron chi connectivity index (χ3n) is 12.6. The molecule has 0 N–H and O–H groups in total. The molecule has 0 fully saturated rings. The lowest BCUT2D eigenvalue weighted by molar-refractivity contribution is 1.10. The average molecular weight is 806 g/mol. The molecule has 294 valence electrons. The zero-order valence-electron chi connectivity index (χ0n) is 33.9. The van der Waals surface area contributed by atoms with Crippen LogP contribution in [0.1, 0.15) is 0 Å².